The van der Waals surface area contributed by atoms with Crippen LogP contribution in [0.25, 0.3) is 0 Å². The summed E-state index contributed by atoms with van der Waals surface area (Å²) >= 11 is 1.79. The highest BCUT2D eigenvalue weighted by atomic mass is 32.1. The second-order valence-corrected chi connectivity index (χ2v) is 4.71. The van der Waals surface area contributed by atoms with Crippen LogP contribution >= 0.6 is 11.3 Å². The highest BCUT2D eigenvalue weighted by molar-refractivity contribution is 7.10. The van der Waals surface area contributed by atoms with Gasteiger partial charge in [-0.1, -0.05) is 26.7 Å². The van der Waals surface area contributed by atoms with Crippen molar-refractivity contribution in [3.63, 3.8) is 0 Å². The molecule has 1 nitrogen and oxygen atoms in total. The third kappa shape index (κ3) is 2.55. The minimum Gasteiger partial charge on any atom is -0.324 e. The van der Waals surface area contributed by atoms with E-state index in [0.717, 1.165) is 0 Å². The largest absolute Gasteiger partial charge is 0.324 e. The molecule has 2 heteroatoms. The van der Waals surface area contributed by atoms with Gasteiger partial charge in [0, 0.05) is 10.9 Å². The molecule has 1 heterocycles. The first-order valence-corrected chi connectivity index (χ1v) is 5.87. The van der Waals surface area contributed by atoms with Gasteiger partial charge >= 0.3 is 0 Å². The lowest BCUT2D eigenvalue weighted by atomic mass is 9.91. The van der Waals surface area contributed by atoms with E-state index in [1.165, 1.54) is 23.3 Å². The van der Waals surface area contributed by atoms with Gasteiger partial charge in [-0.05, 0) is 29.9 Å². The van der Waals surface area contributed by atoms with Crippen molar-refractivity contribution >= 4 is 11.3 Å². The van der Waals surface area contributed by atoms with Gasteiger partial charge in [-0.25, -0.2) is 0 Å². The van der Waals surface area contributed by atoms with Crippen LogP contribution in [0.15, 0.2) is 11.4 Å². The zero-order valence-corrected chi connectivity index (χ0v) is 9.53. The monoisotopic (exact) mass is 197 g/mol. The number of nitrogens with two attached hydrogens (primary N) is 1. The predicted molar refractivity (Wildman–Crippen MR) is 60.1 cm³/mol. The molecule has 0 radical (unpaired) electrons. The highest BCUT2D eigenvalue weighted by Gasteiger charge is 2.16. The van der Waals surface area contributed by atoms with Crippen molar-refractivity contribution in [2.45, 2.75) is 39.7 Å². The van der Waals surface area contributed by atoms with E-state index in [1.54, 1.807) is 11.3 Å². The van der Waals surface area contributed by atoms with Crippen LogP contribution in [0.4, 0.5) is 0 Å². The van der Waals surface area contributed by atoms with Crippen LogP contribution < -0.4 is 5.73 Å². The van der Waals surface area contributed by atoms with E-state index in [9.17, 15) is 0 Å². The average Bonchev–Trinajstić information content (AvgIpc) is 2.54. The lowest BCUT2D eigenvalue weighted by Gasteiger charge is -2.19. The lowest BCUT2D eigenvalue weighted by Crippen LogP contribution is -2.19. The Kier molecular flexibility index (Phi) is 3.94. The average molecular weight is 197 g/mol. The molecular weight excluding hydrogens is 178 g/mol. The van der Waals surface area contributed by atoms with Crippen molar-refractivity contribution in [3.8, 4) is 0 Å². The number of rotatable bonds is 4. The number of hydrogen-bond donors (Lipinski definition) is 1. The Bertz CT molecular complexity index is 250. The van der Waals surface area contributed by atoms with E-state index in [-0.39, 0.29) is 6.04 Å². The summed E-state index contributed by atoms with van der Waals surface area (Å²) in [5, 5.41) is 2.19. The number of aryl methyl sites for hydroxylation is 1. The van der Waals surface area contributed by atoms with Crippen molar-refractivity contribution in [1.82, 2.24) is 0 Å². The molecule has 0 amide bonds. The Hall–Kier alpha value is -0.340. The van der Waals surface area contributed by atoms with Crippen molar-refractivity contribution < 1.29 is 0 Å². The summed E-state index contributed by atoms with van der Waals surface area (Å²) in [5.74, 6) is 0.633. The third-order valence-corrected chi connectivity index (χ3v) is 3.57. The third-order valence-electron chi connectivity index (χ3n) is 2.69. The molecule has 1 unspecified atom stereocenters. The standard InChI is InChI=1S/C11H19NS/c1-4-9(5-2)11(12)10-6-8(3)13-7-10/h6-7,9,11H,4-5,12H2,1-3H3. The first-order valence-electron chi connectivity index (χ1n) is 4.99. The zero-order chi connectivity index (χ0) is 9.84. The van der Waals surface area contributed by atoms with Gasteiger partial charge in [-0.2, -0.15) is 0 Å². The van der Waals surface area contributed by atoms with Crippen molar-refractivity contribution in [1.29, 1.82) is 0 Å². The second kappa shape index (κ2) is 4.77. The Morgan fingerprint density at radius 3 is 2.38 bits per heavy atom. The van der Waals surface area contributed by atoms with E-state index in [1.807, 2.05) is 0 Å². The van der Waals surface area contributed by atoms with Crippen molar-refractivity contribution in [3.05, 3.63) is 21.9 Å². The van der Waals surface area contributed by atoms with Gasteiger partial charge in [-0.3, -0.25) is 0 Å². The lowest BCUT2D eigenvalue weighted by molar-refractivity contribution is 0.406. The van der Waals surface area contributed by atoms with Crippen LogP contribution in [0.3, 0.4) is 0 Å². The van der Waals surface area contributed by atoms with Gasteiger partial charge in [0.25, 0.3) is 0 Å². The van der Waals surface area contributed by atoms with Gasteiger partial charge in [0.15, 0.2) is 0 Å². The second-order valence-electron chi connectivity index (χ2n) is 3.59. The molecule has 0 aliphatic rings. The molecule has 0 saturated heterocycles. The maximum atomic E-state index is 6.18. The van der Waals surface area contributed by atoms with Crippen LogP contribution in [0.5, 0.6) is 0 Å². The highest BCUT2D eigenvalue weighted by Crippen LogP contribution is 2.27. The topological polar surface area (TPSA) is 26.0 Å². The molecule has 0 bridgehead atoms. The molecule has 0 aromatic carbocycles. The van der Waals surface area contributed by atoms with E-state index in [2.05, 4.69) is 32.2 Å². The summed E-state index contributed by atoms with van der Waals surface area (Å²) < 4.78 is 0. The van der Waals surface area contributed by atoms with Gasteiger partial charge in [0.2, 0.25) is 0 Å². The van der Waals surface area contributed by atoms with Crippen LogP contribution in [-0.4, -0.2) is 0 Å². The maximum Gasteiger partial charge on any atom is 0.0331 e. The van der Waals surface area contributed by atoms with Gasteiger partial charge in [0.1, 0.15) is 0 Å². The van der Waals surface area contributed by atoms with Crippen LogP contribution in [0, 0.1) is 12.8 Å². The zero-order valence-electron chi connectivity index (χ0n) is 8.71. The summed E-state index contributed by atoms with van der Waals surface area (Å²) in [4.78, 5) is 1.36. The first kappa shape index (κ1) is 10.7. The molecule has 0 aliphatic heterocycles. The SMILES string of the molecule is CCC(CC)C(N)c1csc(C)c1. The number of thiophene rings is 1. The molecular formula is C11H19NS. The molecule has 74 valence electrons. The molecule has 1 aromatic rings. The minimum absolute atomic E-state index is 0.236. The fraction of sp³-hybridized carbons (Fsp3) is 0.636. The van der Waals surface area contributed by atoms with E-state index < -0.39 is 0 Å². The van der Waals surface area contributed by atoms with E-state index in [0.29, 0.717) is 5.92 Å². The van der Waals surface area contributed by atoms with Crippen molar-refractivity contribution in [2.24, 2.45) is 11.7 Å². The molecule has 0 saturated carbocycles. The van der Waals surface area contributed by atoms with E-state index >= 15 is 0 Å². The molecule has 1 rings (SSSR count). The molecule has 0 aliphatic carbocycles. The molecule has 1 aromatic heterocycles. The van der Waals surface area contributed by atoms with Crippen molar-refractivity contribution in [2.75, 3.05) is 0 Å². The summed E-state index contributed by atoms with van der Waals surface area (Å²) in [6.07, 6.45) is 2.35. The van der Waals surface area contributed by atoms with Crippen LogP contribution in [0.2, 0.25) is 0 Å². The Balaban J connectivity index is 2.71. The molecule has 2 N–H and O–H groups in total. The van der Waals surface area contributed by atoms with Gasteiger partial charge in [0.05, 0.1) is 0 Å². The fourth-order valence-corrected chi connectivity index (χ4v) is 2.46. The van der Waals surface area contributed by atoms with Crippen LogP contribution in [-0.2, 0) is 0 Å². The van der Waals surface area contributed by atoms with Crippen LogP contribution in [0.1, 0.15) is 43.2 Å². The smallest absolute Gasteiger partial charge is 0.0331 e. The molecule has 13 heavy (non-hydrogen) atoms. The summed E-state index contributed by atoms with van der Waals surface area (Å²) in [5.41, 5.74) is 7.50. The quantitative estimate of drug-likeness (QED) is 0.785. The Morgan fingerprint density at radius 2 is 2.00 bits per heavy atom. The Morgan fingerprint density at radius 1 is 1.38 bits per heavy atom. The molecule has 0 spiro atoms. The first-order chi connectivity index (χ1) is 6.19. The fourth-order valence-electron chi connectivity index (χ4n) is 1.71. The molecule has 1 atom stereocenters. The minimum atomic E-state index is 0.236. The van der Waals surface area contributed by atoms with Gasteiger partial charge in [-0.15, -0.1) is 11.3 Å². The summed E-state index contributed by atoms with van der Waals surface area (Å²) in [6.45, 7) is 6.56. The molecule has 0 fully saturated rings. The Labute approximate surface area is 85.0 Å². The summed E-state index contributed by atoms with van der Waals surface area (Å²) in [6, 6.07) is 2.45. The normalized spacial score (nSPS) is 13.6. The summed E-state index contributed by atoms with van der Waals surface area (Å²) in [7, 11) is 0. The van der Waals surface area contributed by atoms with E-state index in [4.69, 9.17) is 5.73 Å². The maximum absolute atomic E-state index is 6.18. The van der Waals surface area contributed by atoms with Gasteiger partial charge < -0.3 is 5.73 Å². The predicted octanol–water partition coefficient (Wildman–Crippen LogP) is 3.49. The number of hydrogen-bond acceptors (Lipinski definition) is 2.